The third-order valence-electron chi connectivity index (χ3n) is 1.81. The number of ether oxygens (including phenoxy) is 1. The molecule has 0 saturated carbocycles. The molecule has 18 heavy (non-hydrogen) atoms. The second kappa shape index (κ2) is 5.11. The van der Waals surface area contributed by atoms with Crippen molar-refractivity contribution in [2.75, 3.05) is 18.3 Å². The van der Waals surface area contributed by atoms with Crippen LogP contribution in [0.3, 0.4) is 0 Å². The van der Waals surface area contributed by atoms with E-state index in [9.17, 15) is 26.0 Å². The number of halogens is 4. The van der Waals surface area contributed by atoms with Crippen molar-refractivity contribution in [2.45, 2.75) is 11.1 Å². The van der Waals surface area contributed by atoms with E-state index >= 15 is 0 Å². The minimum atomic E-state index is -4.64. The summed E-state index contributed by atoms with van der Waals surface area (Å²) in [5, 5.41) is 0. The van der Waals surface area contributed by atoms with Gasteiger partial charge in [0.1, 0.15) is 12.4 Å². The number of hydrogen-bond acceptors (Lipinski definition) is 4. The van der Waals surface area contributed by atoms with E-state index in [1.807, 2.05) is 0 Å². The summed E-state index contributed by atoms with van der Waals surface area (Å²) >= 11 is 0. The normalized spacial score (nSPS) is 12.7. The Labute approximate surface area is 100 Å². The van der Waals surface area contributed by atoms with Gasteiger partial charge in [-0.25, -0.2) is 12.8 Å². The molecule has 0 bridgehead atoms. The van der Waals surface area contributed by atoms with E-state index < -0.39 is 39.3 Å². The molecule has 0 fully saturated rings. The molecule has 4 nitrogen and oxygen atoms in total. The Kier molecular flexibility index (Phi) is 4.17. The van der Waals surface area contributed by atoms with Crippen LogP contribution in [0.25, 0.3) is 0 Å². The maximum Gasteiger partial charge on any atom is 0.411 e. The highest BCUT2D eigenvalue weighted by atomic mass is 32.2. The lowest BCUT2D eigenvalue weighted by molar-refractivity contribution is -0.169. The third kappa shape index (κ3) is 4.15. The van der Waals surface area contributed by atoms with E-state index in [0.29, 0.717) is 6.07 Å². The zero-order valence-corrected chi connectivity index (χ0v) is 9.68. The topological polar surface area (TPSA) is 69.4 Å². The number of benzene rings is 1. The SMILES string of the molecule is Nc1ccc(F)cc1S(=O)(=O)COCC(F)(F)F. The van der Waals surface area contributed by atoms with Crippen molar-refractivity contribution in [2.24, 2.45) is 0 Å². The molecule has 102 valence electrons. The summed E-state index contributed by atoms with van der Waals surface area (Å²) in [6, 6.07) is 2.57. The lowest BCUT2D eigenvalue weighted by Crippen LogP contribution is -2.21. The van der Waals surface area contributed by atoms with Crippen LogP contribution in [0.15, 0.2) is 23.1 Å². The number of nitrogens with two attached hydrogens (primary N) is 1. The lowest BCUT2D eigenvalue weighted by Gasteiger charge is -2.10. The van der Waals surface area contributed by atoms with Crippen molar-refractivity contribution < 1.29 is 30.7 Å². The summed E-state index contributed by atoms with van der Waals surface area (Å²) in [7, 11) is -4.22. The van der Waals surface area contributed by atoms with Crippen LogP contribution in [0.4, 0.5) is 23.2 Å². The van der Waals surface area contributed by atoms with Crippen LogP contribution in [0, 0.1) is 5.82 Å². The fourth-order valence-electron chi connectivity index (χ4n) is 1.11. The van der Waals surface area contributed by atoms with Crippen molar-refractivity contribution >= 4 is 15.5 Å². The summed E-state index contributed by atoms with van der Waals surface area (Å²) in [5.74, 6) is -2.08. The Morgan fingerprint density at radius 3 is 2.44 bits per heavy atom. The molecule has 1 aromatic rings. The summed E-state index contributed by atoms with van der Waals surface area (Å²) in [6.07, 6.45) is -4.64. The van der Waals surface area contributed by atoms with Crippen molar-refractivity contribution in [1.29, 1.82) is 0 Å². The first-order valence-electron chi connectivity index (χ1n) is 4.54. The smallest absolute Gasteiger partial charge is 0.398 e. The number of nitrogen functional groups attached to an aromatic ring is 1. The molecule has 0 saturated heterocycles. The van der Waals surface area contributed by atoms with Gasteiger partial charge in [-0.15, -0.1) is 0 Å². The number of hydrogen-bond donors (Lipinski definition) is 1. The van der Waals surface area contributed by atoms with Gasteiger partial charge in [-0.1, -0.05) is 0 Å². The number of alkyl halides is 3. The van der Waals surface area contributed by atoms with Gasteiger partial charge in [0, 0.05) is 0 Å². The average molecular weight is 287 g/mol. The molecular weight excluding hydrogens is 278 g/mol. The predicted octanol–water partition coefficient (Wildman–Crippen LogP) is 1.72. The van der Waals surface area contributed by atoms with Gasteiger partial charge in [-0.2, -0.15) is 13.2 Å². The molecule has 0 atom stereocenters. The average Bonchev–Trinajstić information content (AvgIpc) is 2.19. The molecule has 0 heterocycles. The highest BCUT2D eigenvalue weighted by Gasteiger charge is 2.29. The summed E-state index contributed by atoms with van der Waals surface area (Å²) < 4.78 is 75.3. The number of rotatable bonds is 4. The summed E-state index contributed by atoms with van der Waals surface area (Å²) in [6.45, 7) is -1.71. The standard InChI is InChI=1S/C9H9F4NO3S/c10-6-1-2-7(14)8(3-6)18(15,16)5-17-4-9(11,12)13/h1-3H,4-5,14H2. The largest absolute Gasteiger partial charge is 0.411 e. The number of anilines is 1. The van der Waals surface area contributed by atoms with Crippen molar-refractivity contribution in [3.05, 3.63) is 24.0 Å². The van der Waals surface area contributed by atoms with Crippen LogP contribution >= 0.6 is 0 Å². The lowest BCUT2D eigenvalue weighted by atomic mass is 10.3. The monoisotopic (exact) mass is 287 g/mol. The number of sulfone groups is 1. The minimum absolute atomic E-state index is 0.257. The van der Waals surface area contributed by atoms with E-state index in [0.717, 1.165) is 12.1 Å². The van der Waals surface area contributed by atoms with Gasteiger partial charge in [0.15, 0.2) is 5.94 Å². The van der Waals surface area contributed by atoms with Crippen LogP contribution in [-0.4, -0.2) is 27.1 Å². The molecule has 1 aromatic carbocycles. The summed E-state index contributed by atoms with van der Waals surface area (Å²) in [4.78, 5) is -0.593. The van der Waals surface area contributed by atoms with Crippen molar-refractivity contribution in [1.82, 2.24) is 0 Å². The van der Waals surface area contributed by atoms with Crippen LogP contribution < -0.4 is 5.73 Å². The van der Waals surface area contributed by atoms with Gasteiger partial charge in [0.25, 0.3) is 0 Å². The molecule has 9 heteroatoms. The fraction of sp³-hybridized carbons (Fsp3) is 0.333. The Morgan fingerprint density at radius 2 is 1.89 bits per heavy atom. The van der Waals surface area contributed by atoms with Crippen molar-refractivity contribution in [3.63, 3.8) is 0 Å². The third-order valence-corrected chi connectivity index (χ3v) is 3.32. The molecule has 0 aliphatic heterocycles. The van der Waals surface area contributed by atoms with Crippen LogP contribution in [0.5, 0.6) is 0 Å². The van der Waals surface area contributed by atoms with Crippen LogP contribution in [0.2, 0.25) is 0 Å². The molecule has 0 spiro atoms. The molecule has 0 unspecified atom stereocenters. The quantitative estimate of drug-likeness (QED) is 0.676. The van der Waals surface area contributed by atoms with Gasteiger partial charge in [-0.05, 0) is 18.2 Å². The highest BCUT2D eigenvalue weighted by Crippen LogP contribution is 2.22. The molecule has 2 N–H and O–H groups in total. The first-order valence-corrected chi connectivity index (χ1v) is 6.19. The van der Waals surface area contributed by atoms with Crippen LogP contribution in [0.1, 0.15) is 0 Å². The molecule has 0 amide bonds. The first kappa shape index (κ1) is 14.7. The van der Waals surface area contributed by atoms with Crippen molar-refractivity contribution in [3.8, 4) is 0 Å². The summed E-state index contributed by atoms with van der Waals surface area (Å²) in [5.41, 5.74) is 5.05. The van der Waals surface area contributed by atoms with E-state index in [-0.39, 0.29) is 5.69 Å². The Bertz CT molecular complexity index is 527. The maximum atomic E-state index is 12.8. The maximum absolute atomic E-state index is 12.8. The second-order valence-electron chi connectivity index (χ2n) is 3.38. The zero-order chi connectivity index (χ0) is 14.0. The van der Waals surface area contributed by atoms with Gasteiger partial charge in [0.2, 0.25) is 9.84 Å². The molecule has 0 aromatic heterocycles. The second-order valence-corrected chi connectivity index (χ2v) is 5.28. The zero-order valence-electron chi connectivity index (χ0n) is 8.87. The van der Waals surface area contributed by atoms with Crippen LogP contribution in [-0.2, 0) is 14.6 Å². The van der Waals surface area contributed by atoms with Gasteiger partial charge in [-0.3, -0.25) is 0 Å². The van der Waals surface area contributed by atoms with E-state index in [1.54, 1.807) is 0 Å². The molecular formula is C9H9F4NO3S. The van der Waals surface area contributed by atoms with Gasteiger partial charge in [0.05, 0.1) is 10.6 Å². The Balaban J connectivity index is 2.84. The molecule has 0 aliphatic rings. The fourth-order valence-corrected chi connectivity index (χ4v) is 2.26. The van der Waals surface area contributed by atoms with E-state index in [2.05, 4.69) is 4.74 Å². The highest BCUT2D eigenvalue weighted by molar-refractivity contribution is 7.91. The Hall–Kier alpha value is -1.35. The Morgan fingerprint density at radius 1 is 1.28 bits per heavy atom. The van der Waals surface area contributed by atoms with Gasteiger partial charge >= 0.3 is 6.18 Å². The van der Waals surface area contributed by atoms with E-state index in [4.69, 9.17) is 5.73 Å². The minimum Gasteiger partial charge on any atom is -0.398 e. The first-order chi connectivity index (χ1) is 8.12. The van der Waals surface area contributed by atoms with Gasteiger partial charge < -0.3 is 10.5 Å². The molecule has 0 aliphatic carbocycles. The van der Waals surface area contributed by atoms with E-state index in [1.165, 1.54) is 0 Å². The predicted molar refractivity (Wildman–Crippen MR) is 54.9 cm³/mol. The molecule has 1 rings (SSSR count). The molecule has 0 radical (unpaired) electrons.